The Morgan fingerprint density at radius 2 is 2.00 bits per heavy atom. The molecule has 6 heteroatoms. The van der Waals surface area contributed by atoms with Crippen molar-refractivity contribution in [3.8, 4) is 0 Å². The van der Waals surface area contributed by atoms with Crippen LogP contribution in [0.25, 0.3) is 0 Å². The van der Waals surface area contributed by atoms with Crippen molar-refractivity contribution in [1.29, 1.82) is 0 Å². The summed E-state index contributed by atoms with van der Waals surface area (Å²) in [5.41, 5.74) is 0. The van der Waals surface area contributed by atoms with Gasteiger partial charge in [0.1, 0.15) is 0 Å². The summed E-state index contributed by atoms with van der Waals surface area (Å²) in [4.78, 5) is 0. The van der Waals surface area contributed by atoms with Crippen LogP contribution in [0, 0.1) is 0 Å². The number of thioether (sulfide) groups is 1. The molecule has 0 aromatic rings. The zero-order valence-electron chi connectivity index (χ0n) is 9.96. The average molecular weight is 271 g/mol. The second kappa shape index (κ2) is 6.85. The van der Waals surface area contributed by atoms with Crippen molar-refractivity contribution in [2.24, 2.45) is 0 Å². The Labute approximate surface area is 104 Å². The number of aliphatic hydroxyl groups excluding tert-OH is 1. The molecule has 102 valence electrons. The maximum Gasteiger partial charge on any atom is 0.415 e. The van der Waals surface area contributed by atoms with Crippen LogP contribution in [0.5, 0.6) is 0 Å². The lowest BCUT2D eigenvalue weighted by Gasteiger charge is -2.32. The molecule has 2 nitrogen and oxygen atoms in total. The van der Waals surface area contributed by atoms with E-state index in [2.05, 4.69) is 12.2 Å². The van der Waals surface area contributed by atoms with Gasteiger partial charge in [-0.3, -0.25) is 0 Å². The highest BCUT2D eigenvalue weighted by Gasteiger charge is 2.38. The van der Waals surface area contributed by atoms with Crippen LogP contribution in [0.4, 0.5) is 13.2 Å². The van der Waals surface area contributed by atoms with Gasteiger partial charge in [0.05, 0.1) is 0 Å². The normalized spacial score (nSPS) is 28.1. The summed E-state index contributed by atoms with van der Waals surface area (Å²) in [6.07, 6.45) is -2.61. The van der Waals surface area contributed by atoms with Crippen molar-refractivity contribution in [3.63, 3.8) is 0 Å². The minimum Gasteiger partial charge on any atom is -0.382 e. The molecule has 1 aliphatic carbocycles. The van der Waals surface area contributed by atoms with Crippen molar-refractivity contribution in [2.75, 3.05) is 12.3 Å². The fraction of sp³-hybridized carbons (Fsp3) is 1.00. The molecule has 0 aliphatic heterocycles. The largest absolute Gasteiger partial charge is 0.415 e. The van der Waals surface area contributed by atoms with Crippen molar-refractivity contribution in [2.45, 2.75) is 56.2 Å². The van der Waals surface area contributed by atoms with Gasteiger partial charge in [0.2, 0.25) is 0 Å². The number of alkyl halides is 3. The lowest BCUT2D eigenvalue weighted by atomic mass is 9.95. The van der Waals surface area contributed by atoms with E-state index in [-0.39, 0.29) is 6.04 Å². The lowest BCUT2D eigenvalue weighted by Crippen LogP contribution is -2.47. The maximum atomic E-state index is 12.2. The summed E-state index contributed by atoms with van der Waals surface area (Å²) in [5, 5.41) is 12.2. The van der Waals surface area contributed by atoms with Crippen LogP contribution >= 0.6 is 11.8 Å². The molecule has 1 rings (SSSR count). The molecular formula is C11H20F3NOS. The van der Waals surface area contributed by atoms with Crippen molar-refractivity contribution < 1.29 is 18.3 Å². The van der Waals surface area contributed by atoms with E-state index in [1.807, 2.05) is 0 Å². The highest BCUT2D eigenvalue weighted by Crippen LogP contribution is 2.29. The second-order valence-electron chi connectivity index (χ2n) is 4.35. The van der Waals surface area contributed by atoms with E-state index < -0.39 is 18.8 Å². The topological polar surface area (TPSA) is 32.3 Å². The number of aliphatic hydroxyl groups is 1. The summed E-state index contributed by atoms with van der Waals surface area (Å²) < 4.78 is 36.5. The van der Waals surface area contributed by atoms with E-state index >= 15 is 0 Å². The predicted molar refractivity (Wildman–Crippen MR) is 64.2 cm³/mol. The van der Waals surface area contributed by atoms with Crippen molar-refractivity contribution in [3.05, 3.63) is 0 Å². The van der Waals surface area contributed by atoms with E-state index in [0.717, 1.165) is 31.4 Å². The van der Waals surface area contributed by atoms with E-state index in [4.69, 9.17) is 5.11 Å². The molecule has 0 aromatic heterocycles. The molecule has 1 saturated carbocycles. The first-order valence-electron chi connectivity index (χ1n) is 6.05. The van der Waals surface area contributed by atoms with Gasteiger partial charge in [0, 0.05) is 17.8 Å². The third-order valence-electron chi connectivity index (χ3n) is 3.03. The minimum atomic E-state index is -4.52. The second-order valence-corrected chi connectivity index (χ2v) is 5.87. The Balaban J connectivity index is 2.37. The molecule has 1 aliphatic rings. The molecular weight excluding hydrogens is 251 g/mol. The van der Waals surface area contributed by atoms with Crippen molar-refractivity contribution >= 4 is 11.8 Å². The highest BCUT2D eigenvalue weighted by atomic mass is 32.2. The zero-order chi connectivity index (χ0) is 12.9. The Hall–Kier alpha value is 0.0600. The number of hydrogen-bond donors (Lipinski definition) is 2. The molecule has 0 heterocycles. The zero-order valence-corrected chi connectivity index (χ0v) is 10.8. The van der Waals surface area contributed by atoms with Crippen LogP contribution in [0.15, 0.2) is 0 Å². The Morgan fingerprint density at radius 1 is 1.35 bits per heavy atom. The first-order valence-corrected chi connectivity index (χ1v) is 7.09. The quantitative estimate of drug-likeness (QED) is 0.806. The third-order valence-corrected chi connectivity index (χ3v) is 4.36. The molecule has 0 aromatic carbocycles. The lowest BCUT2D eigenvalue weighted by molar-refractivity contribution is -0.202. The summed E-state index contributed by atoms with van der Waals surface area (Å²) in [6, 6.07) is 0.102. The molecule has 0 unspecified atom stereocenters. The molecule has 0 spiro atoms. The summed E-state index contributed by atoms with van der Waals surface area (Å²) >= 11 is 1.79. The van der Waals surface area contributed by atoms with Gasteiger partial charge < -0.3 is 10.4 Å². The maximum absolute atomic E-state index is 12.2. The number of hydrogen-bond acceptors (Lipinski definition) is 3. The van der Waals surface area contributed by atoms with Crippen LogP contribution in [-0.2, 0) is 0 Å². The molecule has 0 amide bonds. The molecule has 0 saturated heterocycles. The Morgan fingerprint density at radius 3 is 2.59 bits per heavy atom. The van der Waals surface area contributed by atoms with Gasteiger partial charge in [-0.15, -0.1) is 0 Å². The van der Waals surface area contributed by atoms with Gasteiger partial charge >= 0.3 is 6.18 Å². The summed E-state index contributed by atoms with van der Waals surface area (Å²) in [6.45, 7) is 1.66. The molecule has 1 fully saturated rings. The van der Waals surface area contributed by atoms with Crippen LogP contribution in [-0.4, -0.2) is 41.0 Å². The minimum absolute atomic E-state index is 0.102. The first kappa shape index (κ1) is 15.1. The Kier molecular flexibility index (Phi) is 6.09. The average Bonchev–Trinajstić information content (AvgIpc) is 2.26. The molecule has 2 N–H and O–H groups in total. The van der Waals surface area contributed by atoms with E-state index in [0.29, 0.717) is 5.25 Å². The Bertz CT molecular complexity index is 223. The van der Waals surface area contributed by atoms with Crippen molar-refractivity contribution in [1.82, 2.24) is 5.32 Å². The van der Waals surface area contributed by atoms with Gasteiger partial charge in [-0.05, 0) is 18.6 Å². The fourth-order valence-electron chi connectivity index (χ4n) is 2.12. The number of rotatable bonds is 5. The monoisotopic (exact) mass is 271 g/mol. The van der Waals surface area contributed by atoms with Gasteiger partial charge in [-0.2, -0.15) is 24.9 Å². The van der Waals surface area contributed by atoms with E-state index in [1.165, 1.54) is 0 Å². The predicted octanol–water partition coefficient (Wildman–Crippen LogP) is 2.56. The first-order chi connectivity index (χ1) is 7.95. The fourth-order valence-corrected chi connectivity index (χ4v) is 3.35. The van der Waals surface area contributed by atoms with Gasteiger partial charge in [-0.1, -0.05) is 19.8 Å². The van der Waals surface area contributed by atoms with Crippen LogP contribution in [0.3, 0.4) is 0 Å². The van der Waals surface area contributed by atoms with Crippen LogP contribution < -0.4 is 5.32 Å². The van der Waals surface area contributed by atoms with Gasteiger partial charge in [0.15, 0.2) is 6.10 Å². The molecule has 3 atom stereocenters. The molecule has 0 radical (unpaired) electrons. The number of nitrogens with one attached hydrogen (secondary N) is 1. The van der Waals surface area contributed by atoms with Gasteiger partial charge in [0.25, 0.3) is 0 Å². The van der Waals surface area contributed by atoms with Gasteiger partial charge in [-0.25, -0.2) is 0 Å². The third kappa shape index (κ3) is 5.06. The summed E-state index contributed by atoms with van der Waals surface area (Å²) in [5.74, 6) is 0.977. The molecule has 17 heavy (non-hydrogen) atoms. The smallest absolute Gasteiger partial charge is 0.382 e. The van der Waals surface area contributed by atoms with E-state index in [9.17, 15) is 13.2 Å². The van der Waals surface area contributed by atoms with E-state index in [1.54, 1.807) is 11.8 Å². The molecule has 0 bridgehead atoms. The van der Waals surface area contributed by atoms with Crippen LogP contribution in [0.1, 0.15) is 32.6 Å². The van der Waals surface area contributed by atoms with Crippen LogP contribution in [0.2, 0.25) is 0 Å². The highest BCUT2D eigenvalue weighted by molar-refractivity contribution is 7.99. The standard InChI is InChI=1S/C11H20F3NOS/c1-2-17-9-6-4-3-5-8(9)15-7-10(16)11(12,13)14/h8-10,15-16H,2-7H2,1H3/t8-,9+,10+/m0/s1. The SMILES string of the molecule is CCS[C@@H]1CCCC[C@@H]1NC[C@@H](O)C(F)(F)F. The summed E-state index contributed by atoms with van der Waals surface area (Å²) in [7, 11) is 0. The number of halogens is 3.